The van der Waals surface area contributed by atoms with Gasteiger partial charge in [0.15, 0.2) is 0 Å². The van der Waals surface area contributed by atoms with E-state index in [0.29, 0.717) is 0 Å². The Morgan fingerprint density at radius 1 is 1.00 bits per heavy atom. The predicted octanol–water partition coefficient (Wildman–Crippen LogP) is 3.76. The van der Waals surface area contributed by atoms with E-state index >= 15 is 0 Å². The van der Waals surface area contributed by atoms with Gasteiger partial charge in [-0.05, 0) is 41.8 Å². The summed E-state index contributed by atoms with van der Waals surface area (Å²) in [5, 5.41) is 4.84. The standard InChI is InChI=1S/C19H20N2/c1-14-4-2-3-5-18(14)15-6-7-19-16(12-15)13-17-8-9-20-10-11-21(17)19/h2-7,12-13,20H,8-11H2,1H3. The lowest BCUT2D eigenvalue weighted by Crippen LogP contribution is -2.17. The van der Waals surface area contributed by atoms with E-state index in [1.807, 2.05) is 0 Å². The summed E-state index contributed by atoms with van der Waals surface area (Å²) in [4.78, 5) is 0. The summed E-state index contributed by atoms with van der Waals surface area (Å²) in [5.41, 5.74) is 6.81. The van der Waals surface area contributed by atoms with Gasteiger partial charge in [-0.1, -0.05) is 30.3 Å². The van der Waals surface area contributed by atoms with Crippen molar-refractivity contribution < 1.29 is 0 Å². The molecule has 0 spiro atoms. The molecular formula is C19H20N2. The van der Waals surface area contributed by atoms with Crippen molar-refractivity contribution in [1.82, 2.24) is 9.88 Å². The minimum atomic E-state index is 1.07. The molecule has 106 valence electrons. The highest BCUT2D eigenvalue weighted by atomic mass is 15.0. The number of hydrogen-bond acceptors (Lipinski definition) is 1. The summed E-state index contributed by atoms with van der Waals surface area (Å²) in [5.74, 6) is 0. The summed E-state index contributed by atoms with van der Waals surface area (Å²) < 4.78 is 2.47. The molecule has 2 heteroatoms. The second kappa shape index (κ2) is 5.05. The van der Waals surface area contributed by atoms with E-state index in [-0.39, 0.29) is 0 Å². The first-order valence-corrected chi connectivity index (χ1v) is 7.72. The van der Waals surface area contributed by atoms with Crippen molar-refractivity contribution >= 4 is 10.9 Å². The molecule has 0 bridgehead atoms. The second-order valence-electron chi connectivity index (χ2n) is 5.88. The monoisotopic (exact) mass is 276 g/mol. The summed E-state index contributed by atoms with van der Waals surface area (Å²) in [7, 11) is 0. The van der Waals surface area contributed by atoms with Crippen molar-refractivity contribution in [3.05, 3.63) is 59.8 Å². The van der Waals surface area contributed by atoms with Gasteiger partial charge < -0.3 is 9.88 Å². The fraction of sp³-hybridized carbons (Fsp3) is 0.263. The third-order valence-corrected chi connectivity index (χ3v) is 4.51. The van der Waals surface area contributed by atoms with Crippen LogP contribution < -0.4 is 5.32 Å². The van der Waals surface area contributed by atoms with E-state index in [2.05, 4.69) is 65.3 Å². The van der Waals surface area contributed by atoms with Gasteiger partial charge in [-0.25, -0.2) is 0 Å². The number of fused-ring (bicyclic) bond motifs is 3. The van der Waals surface area contributed by atoms with Crippen LogP contribution in [0.25, 0.3) is 22.0 Å². The van der Waals surface area contributed by atoms with Gasteiger partial charge in [-0.2, -0.15) is 0 Å². The molecule has 21 heavy (non-hydrogen) atoms. The van der Waals surface area contributed by atoms with E-state index in [9.17, 15) is 0 Å². The Balaban J connectivity index is 1.86. The van der Waals surface area contributed by atoms with Crippen LogP contribution in [0.4, 0.5) is 0 Å². The van der Waals surface area contributed by atoms with Gasteiger partial charge in [0.05, 0.1) is 0 Å². The van der Waals surface area contributed by atoms with Crippen LogP contribution in [-0.2, 0) is 13.0 Å². The molecule has 0 saturated heterocycles. The van der Waals surface area contributed by atoms with Crippen LogP contribution in [0.15, 0.2) is 48.5 Å². The zero-order valence-electron chi connectivity index (χ0n) is 12.4. The van der Waals surface area contributed by atoms with Crippen LogP contribution in [0.1, 0.15) is 11.3 Å². The van der Waals surface area contributed by atoms with Crippen molar-refractivity contribution in [2.45, 2.75) is 19.9 Å². The Morgan fingerprint density at radius 3 is 2.81 bits per heavy atom. The van der Waals surface area contributed by atoms with Gasteiger partial charge >= 0.3 is 0 Å². The molecule has 0 aliphatic carbocycles. The van der Waals surface area contributed by atoms with Crippen molar-refractivity contribution in [3.8, 4) is 11.1 Å². The molecular weight excluding hydrogens is 256 g/mol. The number of nitrogens with one attached hydrogen (secondary N) is 1. The molecule has 2 nitrogen and oxygen atoms in total. The fourth-order valence-corrected chi connectivity index (χ4v) is 3.40. The molecule has 0 fully saturated rings. The molecule has 2 aromatic carbocycles. The summed E-state index contributed by atoms with van der Waals surface area (Å²) in [6, 6.07) is 17.9. The number of nitrogens with zero attached hydrogens (tertiary/aromatic N) is 1. The van der Waals surface area contributed by atoms with E-state index in [4.69, 9.17) is 0 Å². The van der Waals surface area contributed by atoms with Gasteiger partial charge in [-0.15, -0.1) is 0 Å². The Morgan fingerprint density at radius 2 is 1.90 bits per heavy atom. The number of benzene rings is 2. The Kier molecular flexibility index (Phi) is 3.04. The Labute approximate surface area is 125 Å². The van der Waals surface area contributed by atoms with E-state index in [0.717, 1.165) is 26.1 Å². The molecule has 4 rings (SSSR count). The minimum absolute atomic E-state index is 1.07. The number of rotatable bonds is 1. The smallest absolute Gasteiger partial charge is 0.0483 e. The lowest BCUT2D eigenvalue weighted by atomic mass is 9.99. The molecule has 2 heterocycles. The topological polar surface area (TPSA) is 17.0 Å². The first kappa shape index (κ1) is 12.7. The maximum Gasteiger partial charge on any atom is 0.0483 e. The van der Waals surface area contributed by atoms with E-state index in [1.54, 1.807) is 0 Å². The number of aromatic nitrogens is 1. The lowest BCUT2D eigenvalue weighted by molar-refractivity contribution is 0.658. The normalized spacial score (nSPS) is 14.9. The Bertz CT molecular complexity index is 798. The fourth-order valence-electron chi connectivity index (χ4n) is 3.40. The van der Waals surface area contributed by atoms with Gasteiger partial charge in [0.25, 0.3) is 0 Å². The quantitative estimate of drug-likeness (QED) is 0.716. The van der Waals surface area contributed by atoms with Gasteiger partial charge in [0, 0.05) is 42.7 Å². The molecule has 0 unspecified atom stereocenters. The SMILES string of the molecule is Cc1ccccc1-c1ccc2c(c1)cc1n2CCNCC1. The molecule has 0 saturated carbocycles. The number of hydrogen-bond donors (Lipinski definition) is 1. The second-order valence-corrected chi connectivity index (χ2v) is 5.88. The molecule has 1 aliphatic heterocycles. The third-order valence-electron chi connectivity index (χ3n) is 4.51. The van der Waals surface area contributed by atoms with Crippen molar-refractivity contribution in [2.24, 2.45) is 0 Å². The minimum Gasteiger partial charge on any atom is -0.343 e. The highest BCUT2D eigenvalue weighted by Gasteiger charge is 2.12. The summed E-state index contributed by atoms with van der Waals surface area (Å²) in [6.07, 6.45) is 1.12. The summed E-state index contributed by atoms with van der Waals surface area (Å²) in [6.45, 7) is 5.40. The lowest BCUT2D eigenvalue weighted by Gasteiger charge is -2.08. The summed E-state index contributed by atoms with van der Waals surface area (Å²) >= 11 is 0. The highest BCUT2D eigenvalue weighted by Crippen LogP contribution is 2.29. The van der Waals surface area contributed by atoms with Crippen molar-refractivity contribution in [3.63, 3.8) is 0 Å². The van der Waals surface area contributed by atoms with Crippen LogP contribution in [0.2, 0.25) is 0 Å². The zero-order chi connectivity index (χ0) is 14.2. The first-order valence-electron chi connectivity index (χ1n) is 7.72. The first-order chi connectivity index (χ1) is 10.3. The number of aryl methyl sites for hydroxylation is 1. The van der Waals surface area contributed by atoms with Crippen LogP contribution in [0.5, 0.6) is 0 Å². The van der Waals surface area contributed by atoms with Gasteiger partial charge in [0.2, 0.25) is 0 Å². The maximum atomic E-state index is 3.47. The van der Waals surface area contributed by atoms with E-state index in [1.165, 1.54) is 33.3 Å². The molecule has 1 aliphatic rings. The molecule has 3 aromatic rings. The van der Waals surface area contributed by atoms with E-state index < -0.39 is 0 Å². The van der Waals surface area contributed by atoms with Crippen LogP contribution in [0, 0.1) is 6.92 Å². The van der Waals surface area contributed by atoms with Gasteiger partial charge in [0.1, 0.15) is 0 Å². The van der Waals surface area contributed by atoms with Crippen molar-refractivity contribution in [1.29, 1.82) is 0 Å². The molecule has 1 N–H and O–H groups in total. The molecule has 1 aromatic heterocycles. The average Bonchev–Trinajstić information content (AvgIpc) is 2.68. The largest absolute Gasteiger partial charge is 0.343 e. The van der Waals surface area contributed by atoms with Gasteiger partial charge in [-0.3, -0.25) is 0 Å². The van der Waals surface area contributed by atoms with Crippen LogP contribution in [0.3, 0.4) is 0 Å². The molecule has 0 atom stereocenters. The van der Waals surface area contributed by atoms with Crippen molar-refractivity contribution in [2.75, 3.05) is 13.1 Å². The molecule has 0 amide bonds. The Hall–Kier alpha value is -2.06. The van der Waals surface area contributed by atoms with Crippen LogP contribution >= 0.6 is 0 Å². The van der Waals surface area contributed by atoms with Crippen LogP contribution in [-0.4, -0.2) is 17.7 Å². The average molecular weight is 276 g/mol. The molecule has 0 radical (unpaired) electrons. The maximum absolute atomic E-state index is 3.47. The predicted molar refractivity (Wildman–Crippen MR) is 88.7 cm³/mol. The highest BCUT2D eigenvalue weighted by molar-refractivity contribution is 5.87. The zero-order valence-corrected chi connectivity index (χ0v) is 12.4. The third kappa shape index (κ3) is 2.16.